The molecule has 4 rings (SSSR count). The summed E-state index contributed by atoms with van der Waals surface area (Å²) in [5.74, 6) is 1.48. The Bertz CT molecular complexity index is 885. The van der Waals surface area contributed by atoms with Crippen LogP contribution < -0.4 is 0 Å². The summed E-state index contributed by atoms with van der Waals surface area (Å²) >= 11 is 4.34. The molecule has 0 N–H and O–H groups in total. The molecule has 1 aliphatic rings. The van der Waals surface area contributed by atoms with Crippen LogP contribution in [-0.2, 0) is 17.0 Å². The molecule has 0 aromatic carbocycles. The largest absolute Gasteiger partial charge is 0.376 e. The number of hydrogen-bond acceptors (Lipinski definition) is 8. The van der Waals surface area contributed by atoms with Gasteiger partial charge in [0, 0.05) is 23.8 Å². The standard InChI is InChI=1S/C16H16N4O3S3/c21-20(22)14-7-11(9-25-14)10-26-16-18-17-15(13-4-2-6-24-13)19(16)8-12-3-1-5-23-12/h2,4,6-7,9,12H,1,3,5,8,10H2. The smallest absolute Gasteiger partial charge is 0.324 e. The van der Waals surface area contributed by atoms with Crippen molar-refractivity contribution in [1.29, 1.82) is 0 Å². The molecule has 1 atom stereocenters. The van der Waals surface area contributed by atoms with E-state index < -0.39 is 0 Å². The van der Waals surface area contributed by atoms with E-state index >= 15 is 0 Å². The third-order valence-electron chi connectivity index (χ3n) is 4.06. The van der Waals surface area contributed by atoms with Crippen LogP contribution in [0.5, 0.6) is 0 Å². The molecule has 3 aromatic heterocycles. The van der Waals surface area contributed by atoms with Crippen LogP contribution in [0.4, 0.5) is 5.00 Å². The third kappa shape index (κ3) is 3.83. The van der Waals surface area contributed by atoms with Gasteiger partial charge in [0.15, 0.2) is 11.0 Å². The van der Waals surface area contributed by atoms with Crippen LogP contribution in [0.1, 0.15) is 18.4 Å². The van der Waals surface area contributed by atoms with Gasteiger partial charge in [-0.25, -0.2) is 0 Å². The van der Waals surface area contributed by atoms with E-state index in [0.717, 1.165) is 58.8 Å². The van der Waals surface area contributed by atoms with Crippen LogP contribution in [-0.4, -0.2) is 32.4 Å². The number of thiophene rings is 2. The zero-order valence-electron chi connectivity index (χ0n) is 13.7. The van der Waals surface area contributed by atoms with E-state index in [2.05, 4.69) is 14.8 Å². The quantitative estimate of drug-likeness (QED) is 0.326. The zero-order chi connectivity index (χ0) is 17.9. The fourth-order valence-electron chi connectivity index (χ4n) is 2.82. The second kappa shape index (κ2) is 7.87. The van der Waals surface area contributed by atoms with Crippen molar-refractivity contribution in [3.8, 4) is 10.7 Å². The molecular formula is C16H16N4O3S3. The molecule has 1 unspecified atom stereocenters. The number of thioether (sulfide) groups is 1. The van der Waals surface area contributed by atoms with E-state index in [1.807, 2.05) is 22.9 Å². The van der Waals surface area contributed by atoms with Crippen LogP contribution >= 0.6 is 34.4 Å². The number of nitrogens with zero attached hydrogens (tertiary/aromatic N) is 4. The molecule has 1 aliphatic heterocycles. The van der Waals surface area contributed by atoms with E-state index in [1.165, 1.54) is 0 Å². The van der Waals surface area contributed by atoms with Crippen LogP contribution in [0.25, 0.3) is 10.7 Å². The van der Waals surface area contributed by atoms with Crippen molar-refractivity contribution in [1.82, 2.24) is 14.8 Å². The van der Waals surface area contributed by atoms with E-state index in [4.69, 9.17) is 4.74 Å². The molecule has 10 heteroatoms. The van der Waals surface area contributed by atoms with Gasteiger partial charge in [0.25, 0.3) is 0 Å². The van der Waals surface area contributed by atoms with Crippen molar-refractivity contribution in [2.45, 2.75) is 36.4 Å². The fraction of sp³-hybridized carbons (Fsp3) is 0.375. The van der Waals surface area contributed by atoms with E-state index in [0.29, 0.717) is 5.75 Å². The molecule has 4 heterocycles. The van der Waals surface area contributed by atoms with Crippen molar-refractivity contribution in [2.75, 3.05) is 6.61 Å². The zero-order valence-corrected chi connectivity index (χ0v) is 16.2. The third-order valence-corrected chi connectivity index (χ3v) is 6.89. The van der Waals surface area contributed by atoms with Gasteiger partial charge in [-0.05, 0) is 29.9 Å². The summed E-state index contributed by atoms with van der Waals surface area (Å²) in [5, 5.41) is 24.4. The maximum absolute atomic E-state index is 10.8. The summed E-state index contributed by atoms with van der Waals surface area (Å²) in [5.41, 5.74) is 0.927. The average molecular weight is 409 g/mol. The molecule has 1 saturated heterocycles. The Kier molecular flexibility index (Phi) is 5.34. The molecule has 136 valence electrons. The normalized spacial score (nSPS) is 17.0. The number of ether oxygens (including phenoxy) is 1. The van der Waals surface area contributed by atoms with Gasteiger partial charge in [0.05, 0.1) is 22.4 Å². The lowest BCUT2D eigenvalue weighted by Crippen LogP contribution is -2.16. The lowest BCUT2D eigenvalue weighted by molar-refractivity contribution is -0.380. The Morgan fingerprint density at radius 1 is 1.42 bits per heavy atom. The van der Waals surface area contributed by atoms with Gasteiger partial charge in [-0.1, -0.05) is 29.2 Å². The van der Waals surface area contributed by atoms with Crippen molar-refractivity contribution >= 4 is 39.4 Å². The molecule has 0 amide bonds. The van der Waals surface area contributed by atoms with Crippen LogP contribution in [0, 0.1) is 10.1 Å². The molecule has 26 heavy (non-hydrogen) atoms. The van der Waals surface area contributed by atoms with Gasteiger partial charge in [0.1, 0.15) is 0 Å². The predicted octanol–water partition coefficient (Wildman–Crippen LogP) is 4.45. The molecule has 0 spiro atoms. The number of nitro groups is 1. The van der Waals surface area contributed by atoms with Gasteiger partial charge in [0.2, 0.25) is 0 Å². The van der Waals surface area contributed by atoms with Gasteiger partial charge in [-0.3, -0.25) is 14.7 Å². The summed E-state index contributed by atoms with van der Waals surface area (Å²) in [6.45, 7) is 1.54. The molecule has 0 radical (unpaired) electrons. The van der Waals surface area contributed by atoms with Gasteiger partial charge in [-0.15, -0.1) is 21.5 Å². The Morgan fingerprint density at radius 3 is 3.04 bits per heavy atom. The monoisotopic (exact) mass is 408 g/mol. The molecule has 0 saturated carbocycles. The van der Waals surface area contributed by atoms with Crippen molar-refractivity contribution in [3.63, 3.8) is 0 Å². The van der Waals surface area contributed by atoms with Crippen molar-refractivity contribution in [3.05, 3.63) is 44.6 Å². The van der Waals surface area contributed by atoms with E-state index in [9.17, 15) is 10.1 Å². The van der Waals surface area contributed by atoms with E-state index in [-0.39, 0.29) is 16.0 Å². The first-order valence-corrected chi connectivity index (χ1v) is 10.9. The van der Waals surface area contributed by atoms with Crippen LogP contribution in [0.3, 0.4) is 0 Å². The summed E-state index contributed by atoms with van der Waals surface area (Å²) in [6, 6.07) is 5.67. The first-order valence-electron chi connectivity index (χ1n) is 8.14. The maximum atomic E-state index is 10.8. The SMILES string of the molecule is O=[N+]([O-])c1cc(CSc2nnc(-c3cccs3)n2CC2CCCO2)cs1. The molecule has 0 aliphatic carbocycles. The first-order chi connectivity index (χ1) is 12.7. The summed E-state index contributed by atoms with van der Waals surface area (Å²) < 4.78 is 7.91. The van der Waals surface area contributed by atoms with Gasteiger partial charge >= 0.3 is 5.00 Å². The lowest BCUT2D eigenvalue weighted by Gasteiger charge is -2.14. The van der Waals surface area contributed by atoms with Crippen LogP contribution in [0.15, 0.2) is 34.1 Å². The first kappa shape index (κ1) is 17.7. The topological polar surface area (TPSA) is 83.1 Å². The molecule has 0 bridgehead atoms. The highest BCUT2D eigenvalue weighted by molar-refractivity contribution is 7.98. The second-order valence-electron chi connectivity index (χ2n) is 5.87. The summed E-state index contributed by atoms with van der Waals surface area (Å²) in [4.78, 5) is 11.6. The Hall–Kier alpha value is -1.75. The highest BCUT2D eigenvalue weighted by Gasteiger charge is 2.22. The minimum atomic E-state index is -0.354. The number of hydrogen-bond donors (Lipinski definition) is 0. The minimum absolute atomic E-state index is 0.167. The summed E-state index contributed by atoms with van der Waals surface area (Å²) in [6.07, 6.45) is 2.32. The number of aromatic nitrogens is 3. The second-order valence-corrected chi connectivity index (χ2v) is 8.65. The number of rotatable bonds is 7. The Labute approximate surface area is 162 Å². The maximum Gasteiger partial charge on any atom is 0.324 e. The molecule has 7 nitrogen and oxygen atoms in total. The predicted molar refractivity (Wildman–Crippen MR) is 103 cm³/mol. The van der Waals surface area contributed by atoms with Crippen LogP contribution in [0.2, 0.25) is 0 Å². The van der Waals surface area contributed by atoms with Gasteiger partial charge in [-0.2, -0.15) is 0 Å². The molecular weight excluding hydrogens is 392 g/mol. The minimum Gasteiger partial charge on any atom is -0.376 e. The Morgan fingerprint density at radius 2 is 2.35 bits per heavy atom. The molecule has 1 fully saturated rings. The van der Waals surface area contributed by atoms with Crippen molar-refractivity contribution in [2.24, 2.45) is 0 Å². The summed E-state index contributed by atoms with van der Waals surface area (Å²) in [7, 11) is 0. The molecule has 3 aromatic rings. The Balaban J connectivity index is 1.55. The van der Waals surface area contributed by atoms with E-state index in [1.54, 1.807) is 29.2 Å². The lowest BCUT2D eigenvalue weighted by atomic mass is 10.2. The fourth-order valence-corrected chi connectivity index (χ4v) is 5.25. The highest BCUT2D eigenvalue weighted by Crippen LogP contribution is 2.32. The van der Waals surface area contributed by atoms with Crippen molar-refractivity contribution < 1.29 is 9.66 Å². The highest BCUT2D eigenvalue weighted by atomic mass is 32.2. The van der Waals surface area contributed by atoms with Gasteiger partial charge < -0.3 is 4.74 Å². The average Bonchev–Trinajstić information content (AvgIpc) is 3.41.